The summed E-state index contributed by atoms with van der Waals surface area (Å²) in [6.45, 7) is 5.62. The van der Waals surface area contributed by atoms with Crippen molar-refractivity contribution in [3.05, 3.63) is 66.1 Å². The van der Waals surface area contributed by atoms with E-state index in [-0.39, 0.29) is 30.5 Å². The Morgan fingerprint density at radius 3 is 2.65 bits per heavy atom. The molecule has 1 aliphatic rings. The van der Waals surface area contributed by atoms with E-state index in [1.165, 1.54) is 0 Å². The number of hydrogen-bond donors (Lipinski definition) is 0. The minimum absolute atomic E-state index is 0.0282. The number of carbonyl (C=O) groups excluding carboxylic acids is 2. The zero-order chi connectivity index (χ0) is 22.1. The smallest absolute Gasteiger partial charge is 0.247 e. The maximum absolute atomic E-state index is 13.3. The van der Waals surface area contributed by atoms with Gasteiger partial charge in [0.15, 0.2) is 0 Å². The van der Waals surface area contributed by atoms with E-state index in [0.29, 0.717) is 13.1 Å². The minimum Gasteiger partial charge on any atom is -0.467 e. The molecule has 31 heavy (non-hydrogen) atoms. The normalized spacial score (nSPS) is 17.0. The summed E-state index contributed by atoms with van der Waals surface area (Å²) in [5, 5.41) is 0. The maximum Gasteiger partial charge on any atom is 0.247 e. The first kappa shape index (κ1) is 22.8. The van der Waals surface area contributed by atoms with Crippen molar-refractivity contribution in [2.24, 2.45) is 0 Å². The van der Waals surface area contributed by atoms with Crippen LogP contribution in [0.2, 0.25) is 0 Å². The molecule has 1 saturated heterocycles. The van der Waals surface area contributed by atoms with Crippen LogP contribution in [0.1, 0.15) is 44.4 Å². The molecule has 2 aromatic rings. The van der Waals surface area contributed by atoms with Gasteiger partial charge < -0.3 is 19.0 Å². The Balaban J connectivity index is 1.71. The van der Waals surface area contributed by atoms with E-state index >= 15 is 0 Å². The predicted molar refractivity (Wildman–Crippen MR) is 120 cm³/mol. The molecular formula is C25H32N2O4. The molecule has 2 heterocycles. The summed E-state index contributed by atoms with van der Waals surface area (Å²) in [4.78, 5) is 29.6. The fraction of sp³-hybridized carbons (Fsp3) is 0.440. The number of amides is 2. The number of ether oxygens (including phenoxy) is 1. The van der Waals surface area contributed by atoms with E-state index in [1.807, 2.05) is 56.3 Å². The van der Waals surface area contributed by atoms with Crippen LogP contribution in [-0.4, -0.2) is 53.5 Å². The summed E-state index contributed by atoms with van der Waals surface area (Å²) >= 11 is 0. The molecule has 1 fully saturated rings. The second-order valence-corrected chi connectivity index (χ2v) is 7.96. The Labute approximate surface area is 184 Å². The van der Waals surface area contributed by atoms with Crippen molar-refractivity contribution in [1.29, 1.82) is 0 Å². The molecule has 0 aliphatic carbocycles. The van der Waals surface area contributed by atoms with Gasteiger partial charge in [0.1, 0.15) is 12.3 Å². The summed E-state index contributed by atoms with van der Waals surface area (Å²) < 4.78 is 11.2. The van der Waals surface area contributed by atoms with Crippen LogP contribution in [0, 0.1) is 0 Å². The van der Waals surface area contributed by atoms with Crippen molar-refractivity contribution >= 4 is 17.9 Å². The molecule has 1 aromatic heterocycles. The third kappa shape index (κ3) is 6.82. The Kier molecular flexibility index (Phi) is 8.47. The highest BCUT2D eigenvalue weighted by Crippen LogP contribution is 2.17. The third-order valence-corrected chi connectivity index (χ3v) is 5.66. The van der Waals surface area contributed by atoms with Gasteiger partial charge in [0.2, 0.25) is 11.8 Å². The molecule has 0 saturated carbocycles. The first-order valence-corrected chi connectivity index (χ1v) is 11.0. The molecule has 6 nitrogen and oxygen atoms in total. The van der Waals surface area contributed by atoms with Gasteiger partial charge in [-0.25, -0.2) is 0 Å². The highest BCUT2D eigenvalue weighted by molar-refractivity contribution is 5.94. The predicted octanol–water partition coefficient (Wildman–Crippen LogP) is 4.13. The van der Waals surface area contributed by atoms with Gasteiger partial charge in [0, 0.05) is 25.3 Å². The second-order valence-electron chi connectivity index (χ2n) is 7.96. The number of nitrogens with zero attached hydrogens (tertiary/aromatic N) is 2. The van der Waals surface area contributed by atoms with Gasteiger partial charge in [-0.15, -0.1) is 0 Å². The lowest BCUT2D eigenvalue weighted by atomic mass is 10.1. The Hall–Kier alpha value is -2.86. The van der Waals surface area contributed by atoms with E-state index in [4.69, 9.17) is 9.15 Å². The van der Waals surface area contributed by atoms with Crippen LogP contribution in [0.25, 0.3) is 6.08 Å². The highest BCUT2D eigenvalue weighted by Gasteiger charge is 2.27. The molecule has 1 aromatic carbocycles. The van der Waals surface area contributed by atoms with Crippen molar-refractivity contribution in [2.45, 2.75) is 51.8 Å². The summed E-state index contributed by atoms with van der Waals surface area (Å²) in [6, 6.07) is 13.3. The standard InChI is InChI=1S/C25H32N2O4/c1-3-20(2)27(24(28)14-13-21-9-5-4-6-10-21)19-25(29)26(17-22-11-7-15-30-22)18-23-12-8-16-31-23/h4-7,9-11,13-15,20,23H,3,8,12,16-19H2,1-2H3/b14-13+/t20-,23-/m0/s1. The lowest BCUT2D eigenvalue weighted by Crippen LogP contribution is -2.47. The summed E-state index contributed by atoms with van der Waals surface area (Å²) in [6.07, 6.45) is 7.69. The van der Waals surface area contributed by atoms with Gasteiger partial charge in [0.25, 0.3) is 0 Å². The van der Waals surface area contributed by atoms with Crippen LogP contribution in [0.5, 0.6) is 0 Å². The summed E-state index contributed by atoms with van der Waals surface area (Å²) in [5.41, 5.74) is 0.948. The van der Waals surface area contributed by atoms with Crippen molar-refractivity contribution in [3.63, 3.8) is 0 Å². The lowest BCUT2D eigenvalue weighted by Gasteiger charge is -2.31. The molecular weight excluding hydrogens is 392 g/mol. The first-order valence-electron chi connectivity index (χ1n) is 11.0. The van der Waals surface area contributed by atoms with E-state index in [1.54, 1.807) is 28.2 Å². The van der Waals surface area contributed by atoms with Gasteiger partial charge in [-0.3, -0.25) is 9.59 Å². The SMILES string of the molecule is CC[C@H](C)N(CC(=O)N(Cc1ccco1)C[C@@H]1CCCO1)C(=O)/C=C/c1ccccc1. The first-order chi connectivity index (χ1) is 15.1. The van der Waals surface area contributed by atoms with Crippen molar-refractivity contribution in [1.82, 2.24) is 9.80 Å². The van der Waals surface area contributed by atoms with Crippen LogP contribution in [0.3, 0.4) is 0 Å². The maximum atomic E-state index is 13.3. The monoisotopic (exact) mass is 424 g/mol. The fourth-order valence-electron chi connectivity index (χ4n) is 3.62. The Morgan fingerprint density at radius 2 is 2.00 bits per heavy atom. The minimum atomic E-state index is -0.165. The molecule has 0 unspecified atom stereocenters. The van der Waals surface area contributed by atoms with Gasteiger partial charge in [-0.05, 0) is 50.0 Å². The quantitative estimate of drug-likeness (QED) is 0.538. The molecule has 0 spiro atoms. The number of furan rings is 1. The Morgan fingerprint density at radius 1 is 1.19 bits per heavy atom. The van der Waals surface area contributed by atoms with Crippen LogP contribution in [0.15, 0.2) is 59.2 Å². The Bertz CT molecular complexity index is 842. The van der Waals surface area contributed by atoms with E-state index in [2.05, 4.69) is 0 Å². The van der Waals surface area contributed by atoms with Gasteiger partial charge in [0.05, 0.1) is 18.9 Å². The summed E-state index contributed by atoms with van der Waals surface area (Å²) in [5.74, 6) is 0.451. The number of hydrogen-bond acceptors (Lipinski definition) is 4. The largest absolute Gasteiger partial charge is 0.467 e. The number of benzene rings is 1. The molecule has 3 rings (SSSR count). The average molecular weight is 425 g/mol. The lowest BCUT2D eigenvalue weighted by molar-refractivity contribution is -0.141. The van der Waals surface area contributed by atoms with Gasteiger partial charge in [-0.2, -0.15) is 0 Å². The molecule has 0 bridgehead atoms. The molecule has 0 radical (unpaired) electrons. The zero-order valence-corrected chi connectivity index (χ0v) is 18.4. The number of rotatable bonds is 10. The van der Waals surface area contributed by atoms with Crippen molar-refractivity contribution < 1.29 is 18.7 Å². The van der Waals surface area contributed by atoms with Crippen LogP contribution in [-0.2, 0) is 20.9 Å². The molecule has 2 atom stereocenters. The van der Waals surface area contributed by atoms with Crippen LogP contribution >= 0.6 is 0 Å². The zero-order valence-electron chi connectivity index (χ0n) is 18.4. The van der Waals surface area contributed by atoms with Gasteiger partial charge in [-0.1, -0.05) is 37.3 Å². The highest BCUT2D eigenvalue weighted by atomic mass is 16.5. The second kappa shape index (κ2) is 11.5. The molecule has 166 valence electrons. The van der Waals surface area contributed by atoms with Crippen LogP contribution < -0.4 is 0 Å². The fourth-order valence-corrected chi connectivity index (χ4v) is 3.62. The number of carbonyl (C=O) groups is 2. The van der Waals surface area contributed by atoms with Crippen molar-refractivity contribution in [2.75, 3.05) is 19.7 Å². The van der Waals surface area contributed by atoms with Gasteiger partial charge >= 0.3 is 0 Å². The average Bonchev–Trinajstić information content (AvgIpc) is 3.50. The van der Waals surface area contributed by atoms with Crippen LogP contribution in [0.4, 0.5) is 0 Å². The molecule has 1 aliphatic heterocycles. The van der Waals surface area contributed by atoms with E-state index in [9.17, 15) is 9.59 Å². The van der Waals surface area contributed by atoms with E-state index < -0.39 is 0 Å². The molecule has 6 heteroatoms. The van der Waals surface area contributed by atoms with E-state index in [0.717, 1.165) is 37.2 Å². The topological polar surface area (TPSA) is 63.0 Å². The molecule has 0 N–H and O–H groups in total. The van der Waals surface area contributed by atoms with Crippen molar-refractivity contribution in [3.8, 4) is 0 Å². The molecule has 2 amide bonds. The summed E-state index contributed by atoms with van der Waals surface area (Å²) in [7, 11) is 0. The third-order valence-electron chi connectivity index (χ3n) is 5.66.